The van der Waals surface area contributed by atoms with E-state index in [1.54, 1.807) is 0 Å². The van der Waals surface area contributed by atoms with Crippen molar-refractivity contribution in [3.05, 3.63) is 36.4 Å². The van der Waals surface area contributed by atoms with Gasteiger partial charge in [0.05, 0.1) is 19.6 Å². The second kappa shape index (κ2) is 12.2. The molecule has 0 aliphatic heterocycles. The van der Waals surface area contributed by atoms with Crippen LogP contribution in [0.15, 0.2) is 56.0 Å². The summed E-state index contributed by atoms with van der Waals surface area (Å²) in [6.45, 7) is 0. The van der Waals surface area contributed by atoms with E-state index in [0.717, 1.165) is 12.1 Å². The van der Waals surface area contributed by atoms with Gasteiger partial charge in [-0.25, -0.2) is 33.7 Å². The SMILES string of the molecule is O=S(=O)([O-])c1cc2c(S(=O)(=O)[O-])ccc3c(S(=O)(=O)[O-])cc4c(S(=O)(=O)[O-])ccc1c4c32.[Na+].[Na+].[Na+].[Na+]. The van der Waals surface area contributed by atoms with Crippen molar-refractivity contribution in [2.75, 3.05) is 0 Å². The predicted octanol–water partition coefficient (Wildman–Crippen LogP) is -11.8. The average Bonchev–Trinajstić information content (AvgIpc) is 2.61. The van der Waals surface area contributed by atoms with Gasteiger partial charge >= 0.3 is 118 Å². The minimum Gasteiger partial charge on any atom is -0.744 e. The van der Waals surface area contributed by atoms with E-state index in [4.69, 9.17) is 0 Å². The topological polar surface area (TPSA) is 229 Å². The molecule has 36 heavy (non-hydrogen) atoms. The van der Waals surface area contributed by atoms with E-state index in [9.17, 15) is 51.9 Å². The average molecular weight is 610 g/mol. The van der Waals surface area contributed by atoms with Crippen LogP contribution in [0.25, 0.3) is 32.3 Å². The van der Waals surface area contributed by atoms with Gasteiger partial charge in [-0.3, -0.25) is 0 Å². The number of hydrogen-bond acceptors (Lipinski definition) is 12. The first-order valence-corrected chi connectivity index (χ1v) is 13.7. The summed E-state index contributed by atoms with van der Waals surface area (Å²) < 4.78 is 142. The Kier molecular flexibility index (Phi) is 12.7. The Labute approximate surface area is 294 Å². The van der Waals surface area contributed by atoms with E-state index in [0.29, 0.717) is 24.3 Å². The molecule has 0 heterocycles. The summed E-state index contributed by atoms with van der Waals surface area (Å²) in [4.78, 5) is -4.23. The molecule has 0 N–H and O–H groups in total. The Hall–Kier alpha value is 1.56. The van der Waals surface area contributed by atoms with Gasteiger partial charge in [0.1, 0.15) is 40.5 Å². The molecule has 0 spiro atoms. The fourth-order valence-electron chi connectivity index (χ4n) is 3.70. The van der Waals surface area contributed by atoms with Gasteiger partial charge in [0.25, 0.3) is 0 Å². The molecule has 0 fully saturated rings. The molecule has 12 nitrogen and oxygen atoms in total. The molecule has 0 aliphatic rings. The molecule has 0 saturated carbocycles. The molecular formula is C16H6Na4O12S4. The third-order valence-corrected chi connectivity index (χ3v) is 8.36. The predicted molar refractivity (Wildman–Crippen MR) is 102 cm³/mol. The van der Waals surface area contributed by atoms with E-state index in [-0.39, 0.29) is 118 Å². The molecule has 0 amide bonds. The molecule has 0 saturated heterocycles. The van der Waals surface area contributed by atoms with Crippen LogP contribution in [0.4, 0.5) is 0 Å². The minimum absolute atomic E-state index is 0. The van der Waals surface area contributed by atoms with Crippen LogP contribution >= 0.6 is 0 Å². The van der Waals surface area contributed by atoms with Crippen molar-refractivity contribution in [3.63, 3.8) is 0 Å². The molecule has 0 atom stereocenters. The second-order valence-electron chi connectivity index (χ2n) is 6.63. The van der Waals surface area contributed by atoms with Gasteiger partial charge in [0.15, 0.2) is 0 Å². The van der Waals surface area contributed by atoms with Crippen molar-refractivity contribution in [3.8, 4) is 0 Å². The molecule has 4 aromatic rings. The summed E-state index contributed by atoms with van der Waals surface area (Å²) in [5, 5.41) is -3.43. The van der Waals surface area contributed by atoms with Gasteiger partial charge in [-0.05, 0) is 35.0 Å². The molecule has 0 bridgehead atoms. The largest absolute Gasteiger partial charge is 1.00 e. The normalized spacial score (nSPS) is 12.4. The van der Waals surface area contributed by atoms with Gasteiger partial charge in [-0.1, -0.05) is 12.1 Å². The third kappa shape index (κ3) is 6.71. The van der Waals surface area contributed by atoms with E-state index in [2.05, 4.69) is 0 Å². The van der Waals surface area contributed by atoms with Crippen LogP contribution in [-0.4, -0.2) is 51.9 Å². The number of rotatable bonds is 4. The van der Waals surface area contributed by atoms with Gasteiger partial charge < -0.3 is 18.2 Å². The maximum atomic E-state index is 11.8. The summed E-state index contributed by atoms with van der Waals surface area (Å²) in [7, 11) is -21.4. The van der Waals surface area contributed by atoms with Crippen molar-refractivity contribution >= 4 is 72.8 Å². The Morgan fingerprint density at radius 2 is 0.639 bits per heavy atom. The molecule has 0 unspecified atom stereocenters. The maximum absolute atomic E-state index is 11.8. The van der Waals surface area contributed by atoms with E-state index in [1.165, 1.54) is 0 Å². The van der Waals surface area contributed by atoms with Crippen LogP contribution in [0.5, 0.6) is 0 Å². The van der Waals surface area contributed by atoms with E-state index in [1.807, 2.05) is 0 Å². The first kappa shape index (κ1) is 37.6. The first-order chi connectivity index (χ1) is 14.4. The maximum Gasteiger partial charge on any atom is 1.00 e. The summed E-state index contributed by atoms with van der Waals surface area (Å²) >= 11 is 0. The molecule has 4 aromatic carbocycles. The van der Waals surface area contributed by atoms with Crippen molar-refractivity contribution in [2.45, 2.75) is 19.6 Å². The summed E-state index contributed by atoms with van der Waals surface area (Å²) in [6.07, 6.45) is 0. The Morgan fingerprint density at radius 1 is 0.389 bits per heavy atom. The van der Waals surface area contributed by atoms with Crippen molar-refractivity contribution in [1.29, 1.82) is 0 Å². The third-order valence-electron chi connectivity index (χ3n) is 4.82. The number of benzene rings is 4. The standard InChI is InChI=1S/C16H10O12S4.4Na/c17-29(18,19)11-3-1-7-13(31(23,24)25)5-10-12(30(20,21)22)4-2-8-14(32(26,27)28)6-9(11)15(7)16(8)10;;;;/h1-6H,(H,17,18,19)(H,20,21,22)(H,23,24,25)(H,26,27,28);;;;/q;4*+1/p-4. The molecular weight excluding hydrogens is 604 g/mol. The zero-order valence-corrected chi connectivity index (χ0v) is 30.3. The van der Waals surface area contributed by atoms with Crippen LogP contribution in [0.1, 0.15) is 0 Å². The summed E-state index contributed by atoms with van der Waals surface area (Å²) in [5.74, 6) is 0. The number of hydrogen-bond donors (Lipinski definition) is 0. The Bertz CT molecular complexity index is 1780. The molecule has 20 heteroatoms. The Balaban J connectivity index is 0.00000306. The fraction of sp³-hybridized carbons (Fsp3) is 0. The molecule has 4 rings (SSSR count). The zero-order chi connectivity index (χ0) is 24.0. The first-order valence-electron chi connectivity index (χ1n) is 8.04. The van der Waals surface area contributed by atoms with E-state index >= 15 is 0 Å². The summed E-state index contributed by atoms with van der Waals surface area (Å²) in [6, 6.07) is 3.85. The van der Waals surface area contributed by atoms with Gasteiger partial charge in [0, 0.05) is 21.5 Å². The summed E-state index contributed by atoms with van der Waals surface area (Å²) in [5.41, 5.74) is 0. The van der Waals surface area contributed by atoms with Crippen LogP contribution < -0.4 is 118 Å². The minimum atomic E-state index is -5.35. The van der Waals surface area contributed by atoms with Crippen molar-refractivity contribution in [1.82, 2.24) is 0 Å². The van der Waals surface area contributed by atoms with Gasteiger partial charge in [-0.2, -0.15) is 0 Å². The fourth-order valence-corrected chi connectivity index (χ4v) is 6.44. The molecule has 0 aliphatic carbocycles. The Morgan fingerprint density at radius 3 is 0.861 bits per heavy atom. The monoisotopic (exact) mass is 610 g/mol. The van der Waals surface area contributed by atoms with E-state index < -0.39 is 92.4 Å². The van der Waals surface area contributed by atoms with Crippen LogP contribution in [0.2, 0.25) is 0 Å². The van der Waals surface area contributed by atoms with Crippen LogP contribution in [0, 0.1) is 0 Å². The van der Waals surface area contributed by atoms with Crippen molar-refractivity contribution in [2.24, 2.45) is 0 Å². The van der Waals surface area contributed by atoms with Crippen molar-refractivity contribution < 1.29 is 170 Å². The molecule has 0 aromatic heterocycles. The van der Waals surface area contributed by atoms with Gasteiger partial charge in [-0.15, -0.1) is 0 Å². The van der Waals surface area contributed by atoms with Crippen LogP contribution in [-0.2, 0) is 40.5 Å². The second-order valence-corrected chi connectivity index (χ2v) is 12.0. The smallest absolute Gasteiger partial charge is 0.744 e. The molecule has 0 radical (unpaired) electrons. The zero-order valence-electron chi connectivity index (χ0n) is 19.0. The quantitative estimate of drug-likeness (QED) is 0.119. The molecule has 170 valence electrons. The van der Waals surface area contributed by atoms with Crippen LogP contribution in [0.3, 0.4) is 0 Å². The van der Waals surface area contributed by atoms with Gasteiger partial charge in [0.2, 0.25) is 0 Å².